The third-order valence-electron chi connectivity index (χ3n) is 5.39. The van der Waals surface area contributed by atoms with Crippen LogP contribution in [0.15, 0.2) is 54.9 Å². The number of nitrogens with zero attached hydrogens (tertiary/aromatic N) is 3. The summed E-state index contributed by atoms with van der Waals surface area (Å²) in [4.78, 5) is 16.7. The number of rotatable bonds is 8. The molecular weight excluding hydrogens is 381 g/mol. The Morgan fingerprint density at radius 2 is 1.87 bits per heavy atom. The number of pyridine rings is 1. The van der Waals surface area contributed by atoms with E-state index in [2.05, 4.69) is 20.7 Å². The molecule has 4 rings (SSSR count). The van der Waals surface area contributed by atoms with Gasteiger partial charge in [-0.05, 0) is 61.8 Å². The number of benzene rings is 1. The molecule has 2 aromatic heterocycles. The van der Waals surface area contributed by atoms with Gasteiger partial charge in [0.2, 0.25) is 0 Å². The van der Waals surface area contributed by atoms with Crippen LogP contribution in [0.25, 0.3) is 11.3 Å². The normalized spacial score (nSPS) is 14.7. The zero-order valence-electron chi connectivity index (χ0n) is 16.9. The Balaban J connectivity index is 1.49. The quantitative estimate of drug-likeness (QED) is 0.601. The van der Waals surface area contributed by atoms with E-state index in [1.54, 1.807) is 29.2 Å². The fraction of sp³-hybridized carbons (Fsp3) is 0.348. The lowest BCUT2D eigenvalue weighted by molar-refractivity contribution is -0.119. The molecule has 0 bridgehead atoms. The molecule has 2 N–H and O–H groups in total. The largest absolute Gasteiger partial charge is 0.317 e. The summed E-state index contributed by atoms with van der Waals surface area (Å²) in [6.45, 7) is 2.52. The minimum atomic E-state index is -0.260. The van der Waals surface area contributed by atoms with Gasteiger partial charge in [-0.1, -0.05) is 12.1 Å². The van der Waals surface area contributed by atoms with Crippen LogP contribution in [0.5, 0.6) is 0 Å². The van der Waals surface area contributed by atoms with Gasteiger partial charge in [0.15, 0.2) is 5.78 Å². The summed E-state index contributed by atoms with van der Waals surface area (Å²) in [5.74, 6) is -0.165. The molecule has 156 valence electrons. The van der Waals surface area contributed by atoms with E-state index in [9.17, 15) is 9.18 Å². The number of nitrogens with one attached hydrogen (secondary N) is 2. The Labute approximate surface area is 175 Å². The van der Waals surface area contributed by atoms with Crippen molar-refractivity contribution < 1.29 is 9.18 Å². The van der Waals surface area contributed by atoms with Crippen molar-refractivity contribution in [2.24, 2.45) is 0 Å². The summed E-state index contributed by atoms with van der Waals surface area (Å²) in [5, 5.41) is 11.4. The molecule has 1 fully saturated rings. The molecule has 0 aliphatic carbocycles. The average molecular weight is 407 g/mol. The van der Waals surface area contributed by atoms with Crippen LogP contribution >= 0.6 is 0 Å². The highest BCUT2D eigenvalue weighted by molar-refractivity contribution is 5.80. The van der Waals surface area contributed by atoms with Crippen molar-refractivity contribution in [3.8, 4) is 11.3 Å². The van der Waals surface area contributed by atoms with Crippen molar-refractivity contribution in [1.82, 2.24) is 25.4 Å². The Morgan fingerprint density at radius 3 is 2.60 bits per heavy atom. The van der Waals surface area contributed by atoms with Gasteiger partial charge < -0.3 is 10.6 Å². The zero-order valence-corrected chi connectivity index (χ0v) is 16.9. The molecule has 7 heteroatoms. The molecule has 3 aromatic rings. The van der Waals surface area contributed by atoms with E-state index in [-0.39, 0.29) is 18.1 Å². The van der Waals surface area contributed by atoms with Gasteiger partial charge in [-0.2, -0.15) is 5.10 Å². The van der Waals surface area contributed by atoms with Gasteiger partial charge in [0.05, 0.1) is 12.2 Å². The molecule has 0 unspecified atom stereocenters. The highest BCUT2D eigenvalue weighted by atomic mass is 19.1. The van der Waals surface area contributed by atoms with Crippen LogP contribution in [0.1, 0.15) is 24.1 Å². The van der Waals surface area contributed by atoms with E-state index in [4.69, 9.17) is 0 Å². The number of carbonyl (C=O) groups excluding carboxylic acids is 1. The molecule has 6 nitrogen and oxygen atoms in total. The fourth-order valence-electron chi connectivity index (χ4n) is 3.72. The van der Waals surface area contributed by atoms with Crippen LogP contribution in [0.2, 0.25) is 0 Å². The van der Waals surface area contributed by atoms with E-state index >= 15 is 0 Å². The van der Waals surface area contributed by atoms with Crippen LogP contribution < -0.4 is 10.6 Å². The first-order valence-corrected chi connectivity index (χ1v) is 10.3. The predicted octanol–water partition coefficient (Wildman–Crippen LogP) is 2.59. The van der Waals surface area contributed by atoms with Crippen LogP contribution in [0.3, 0.4) is 0 Å². The van der Waals surface area contributed by atoms with Crippen LogP contribution in [0.4, 0.5) is 4.39 Å². The highest BCUT2D eigenvalue weighted by Crippen LogP contribution is 2.20. The lowest BCUT2D eigenvalue weighted by atomic mass is 10.1. The fourth-order valence-corrected chi connectivity index (χ4v) is 3.72. The van der Waals surface area contributed by atoms with Crippen molar-refractivity contribution >= 4 is 5.78 Å². The zero-order chi connectivity index (χ0) is 20.8. The van der Waals surface area contributed by atoms with Crippen molar-refractivity contribution in [1.29, 1.82) is 0 Å². The number of carbonyl (C=O) groups is 1. The van der Waals surface area contributed by atoms with Crippen molar-refractivity contribution in [2.45, 2.75) is 31.8 Å². The van der Waals surface area contributed by atoms with E-state index in [0.29, 0.717) is 19.0 Å². The van der Waals surface area contributed by atoms with Gasteiger partial charge >= 0.3 is 0 Å². The van der Waals surface area contributed by atoms with Gasteiger partial charge in [-0.15, -0.1) is 0 Å². The molecule has 0 spiro atoms. The lowest BCUT2D eigenvalue weighted by Gasteiger charge is -2.23. The van der Waals surface area contributed by atoms with Crippen molar-refractivity contribution in [3.05, 3.63) is 71.9 Å². The molecule has 0 atom stereocenters. The standard InChI is InChI=1S/C23H26FN5O/c24-19-3-1-17(2-4-19)13-21-14-23(18-5-9-25-10-6-18)28-29(21)16-22(30)15-27-20-7-11-26-12-8-20/h1-6,9-10,14,20,26-27H,7-8,11-13,15-16H2. The molecular formula is C23H26FN5O. The highest BCUT2D eigenvalue weighted by Gasteiger charge is 2.16. The first kappa shape index (κ1) is 20.4. The maximum Gasteiger partial charge on any atom is 0.167 e. The Bertz CT molecular complexity index is 965. The van der Waals surface area contributed by atoms with Gasteiger partial charge in [-0.3, -0.25) is 14.5 Å². The number of hydrogen-bond acceptors (Lipinski definition) is 5. The van der Waals surface area contributed by atoms with E-state index < -0.39 is 0 Å². The summed E-state index contributed by atoms with van der Waals surface area (Å²) >= 11 is 0. The summed E-state index contributed by atoms with van der Waals surface area (Å²) in [6.07, 6.45) is 6.10. The minimum absolute atomic E-state index is 0.0956. The minimum Gasteiger partial charge on any atom is -0.317 e. The summed E-state index contributed by atoms with van der Waals surface area (Å²) in [7, 11) is 0. The Morgan fingerprint density at radius 1 is 1.13 bits per heavy atom. The van der Waals surface area contributed by atoms with Gasteiger partial charge in [0.1, 0.15) is 12.4 Å². The van der Waals surface area contributed by atoms with Gasteiger partial charge in [0.25, 0.3) is 0 Å². The first-order chi connectivity index (χ1) is 14.7. The molecule has 0 radical (unpaired) electrons. The molecule has 1 saturated heterocycles. The lowest BCUT2D eigenvalue weighted by Crippen LogP contribution is -2.42. The number of halogens is 1. The van der Waals surface area contributed by atoms with E-state index in [1.165, 1.54) is 12.1 Å². The maximum atomic E-state index is 13.3. The molecule has 30 heavy (non-hydrogen) atoms. The molecule has 1 aromatic carbocycles. The number of piperidine rings is 1. The SMILES string of the molecule is O=C(CNC1CCNCC1)Cn1nc(-c2ccncc2)cc1Cc1ccc(F)cc1. The van der Waals surface area contributed by atoms with E-state index in [1.807, 2.05) is 18.2 Å². The summed E-state index contributed by atoms with van der Waals surface area (Å²) < 4.78 is 15.0. The second-order valence-electron chi connectivity index (χ2n) is 7.66. The summed E-state index contributed by atoms with van der Waals surface area (Å²) in [5.41, 5.74) is 3.64. The predicted molar refractivity (Wildman–Crippen MR) is 114 cm³/mol. The van der Waals surface area contributed by atoms with Gasteiger partial charge in [-0.25, -0.2) is 4.39 Å². The van der Waals surface area contributed by atoms with Crippen molar-refractivity contribution in [3.63, 3.8) is 0 Å². The third-order valence-corrected chi connectivity index (χ3v) is 5.39. The van der Waals surface area contributed by atoms with Crippen LogP contribution in [-0.2, 0) is 17.8 Å². The van der Waals surface area contributed by atoms with Crippen LogP contribution in [-0.4, -0.2) is 46.2 Å². The maximum absolute atomic E-state index is 13.3. The number of aromatic nitrogens is 3. The van der Waals surface area contributed by atoms with Crippen LogP contribution in [0, 0.1) is 5.82 Å². The van der Waals surface area contributed by atoms with E-state index in [0.717, 1.165) is 48.4 Å². The Kier molecular flexibility index (Phi) is 6.61. The smallest absolute Gasteiger partial charge is 0.167 e. The second-order valence-corrected chi connectivity index (χ2v) is 7.66. The van der Waals surface area contributed by atoms with Crippen molar-refractivity contribution in [2.75, 3.05) is 19.6 Å². The molecule has 1 aliphatic rings. The third kappa shape index (κ3) is 5.37. The molecule has 3 heterocycles. The number of hydrogen-bond donors (Lipinski definition) is 2. The molecule has 0 saturated carbocycles. The van der Waals surface area contributed by atoms with Gasteiger partial charge in [0, 0.05) is 36.1 Å². The number of Topliss-reactive ketones (excluding diaryl/α,β-unsaturated/α-hetero) is 1. The Hall–Kier alpha value is -2.90. The topological polar surface area (TPSA) is 71.8 Å². The second kappa shape index (κ2) is 9.73. The molecule has 1 aliphatic heterocycles. The monoisotopic (exact) mass is 407 g/mol. The first-order valence-electron chi connectivity index (χ1n) is 10.3. The number of ketones is 1. The average Bonchev–Trinajstić information content (AvgIpc) is 3.17. The molecule has 0 amide bonds. The summed E-state index contributed by atoms with van der Waals surface area (Å²) in [6, 6.07) is 12.6.